The van der Waals surface area contributed by atoms with E-state index < -0.39 is 12.0 Å². The van der Waals surface area contributed by atoms with E-state index in [9.17, 15) is 9.90 Å². The number of nitrogens with two attached hydrogens (primary N) is 1. The molecule has 0 fully saturated rings. The molecule has 1 rings (SSSR count). The third-order valence-electron chi connectivity index (χ3n) is 1.68. The Bertz CT molecular complexity index is 302. The zero-order valence-corrected chi connectivity index (χ0v) is 10.6. The Morgan fingerprint density at radius 2 is 1.93 bits per heavy atom. The standard InChI is InChI=1S/C9H10ClNO2.Na/c10-7-3-1-6(2-4-7)8(11)5-9(12)13;/h1-4,8H,5,11H2,(H,12,13);/q;+1/p-1. The van der Waals surface area contributed by atoms with Crippen LogP contribution >= 0.6 is 11.6 Å². The van der Waals surface area contributed by atoms with Gasteiger partial charge >= 0.3 is 29.6 Å². The molecule has 0 aliphatic carbocycles. The van der Waals surface area contributed by atoms with Crippen molar-refractivity contribution in [2.45, 2.75) is 12.5 Å². The van der Waals surface area contributed by atoms with Crippen LogP contribution in [0.3, 0.4) is 0 Å². The topological polar surface area (TPSA) is 66.2 Å². The van der Waals surface area contributed by atoms with E-state index in [4.69, 9.17) is 17.3 Å². The Labute approximate surface area is 110 Å². The summed E-state index contributed by atoms with van der Waals surface area (Å²) in [6.07, 6.45) is -0.179. The van der Waals surface area contributed by atoms with Crippen molar-refractivity contribution in [3.05, 3.63) is 34.9 Å². The maximum absolute atomic E-state index is 10.2. The van der Waals surface area contributed by atoms with E-state index in [2.05, 4.69) is 0 Å². The van der Waals surface area contributed by atoms with Gasteiger partial charge < -0.3 is 15.6 Å². The van der Waals surface area contributed by atoms with Crippen molar-refractivity contribution in [2.75, 3.05) is 0 Å². The number of carbonyl (C=O) groups excluding carboxylic acids is 1. The molecule has 3 nitrogen and oxygen atoms in total. The first-order chi connectivity index (χ1) is 6.09. The molecule has 0 aromatic heterocycles. The second-order valence-corrected chi connectivity index (χ2v) is 3.17. The maximum Gasteiger partial charge on any atom is 1.00 e. The number of halogens is 1. The van der Waals surface area contributed by atoms with Crippen molar-refractivity contribution >= 4 is 17.6 Å². The number of hydrogen-bond donors (Lipinski definition) is 1. The number of aliphatic carboxylic acids is 1. The second-order valence-electron chi connectivity index (χ2n) is 2.73. The molecule has 2 N–H and O–H groups in total. The minimum atomic E-state index is -1.15. The average molecular weight is 222 g/mol. The van der Waals surface area contributed by atoms with E-state index >= 15 is 0 Å². The van der Waals surface area contributed by atoms with Gasteiger partial charge in [-0.2, -0.15) is 0 Å². The molecule has 1 atom stereocenters. The van der Waals surface area contributed by atoms with Crippen molar-refractivity contribution in [1.82, 2.24) is 0 Å². The molecular formula is C9H9ClNNaO2. The largest absolute Gasteiger partial charge is 1.00 e. The molecule has 70 valence electrons. The fraction of sp³-hybridized carbons (Fsp3) is 0.222. The summed E-state index contributed by atoms with van der Waals surface area (Å²) in [5.41, 5.74) is 6.33. The summed E-state index contributed by atoms with van der Waals surface area (Å²) in [6, 6.07) is 6.23. The van der Waals surface area contributed by atoms with Crippen molar-refractivity contribution < 1.29 is 39.5 Å². The van der Waals surface area contributed by atoms with Gasteiger partial charge in [0.15, 0.2) is 0 Å². The van der Waals surface area contributed by atoms with E-state index in [1.165, 1.54) is 0 Å². The Morgan fingerprint density at radius 3 is 2.36 bits per heavy atom. The Balaban J connectivity index is 0.00000169. The van der Waals surface area contributed by atoms with E-state index in [-0.39, 0.29) is 36.0 Å². The van der Waals surface area contributed by atoms with Crippen LogP contribution in [0.25, 0.3) is 0 Å². The van der Waals surface area contributed by atoms with Gasteiger partial charge in [0, 0.05) is 23.5 Å². The van der Waals surface area contributed by atoms with Gasteiger partial charge in [0.05, 0.1) is 0 Å². The molecule has 0 heterocycles. The van der Waals surface area contributed by atoms with Gasteiger partial charge in [-0.05, 0) is 17.7 Å². The van der Waals surface area contributed by atoms with Crippen LogP contribution in [0.1, 0.15) is 18.0 Å². The molecule has 0 amide bonds. The zero-order chi connectivity index (χ0) is 9.84. The summed E-state index contributed by atoms with van der Waals surface area (Å²) in [4.78, 5) is 10.2. The van der Waals surface area contributed by atoms with Gasteiger partial charge in [0.2, 0.25) is 0 Å². The van der Waals surface area contributed by atoms with Crippen LogP contribution in [0.2, 0.25) is 5.02 Å². The van der Waals surface area contributed by atoms with Crippen molar-refractivity contribution in [2.24, 2.45) is 5.73 Å². The van der Waals surface area contributed by atoms with Crippen molar-refractivity contribution in [1.29, 1.82) is 0 Å². The van der Waals surface area contributed by atoms with E-state index in [1.807, 2.05) is 0 Å². The molecule has 0 aliphatic heterocycles. The summed E-state index contributed by atoms with van der Waals surface area (Å²) < 4.78 is 0. The first kappa shape index (κ1) is 13.9. The van der Waals surface area contributed by atoms with Crippen LogP contribution in [-0.2, 0) is 4.79 Å². The fourth-order valence-corrected chi connectivity index (χ4v) is 1.13. The number of benzene rings is 1. The predicted octanol–water partition coefficient (Wildman–Crippen LogP) is -2.52. The van der Waals surface area contributed by atoms with Crippen LogP contribution in [0, 0.1) is 0 Å². The molecule has 0 saturated carbocycles. The fourth-order valence-electron chi connectivity index (χ4n) is 1.01. The SMILES string of the molecule is NC(CC(=O)[O-])c1ccc(Cl)cc1.[Na+]. The molecule has 1 aromatic carbocycles. The Morgan fingerprint density at radius 1 is 1.43 bits per heavy atom. The molecule has 1 unspecified atom stereocenters. The molecule has 1 aromatic rings. The Kier molecular flexibility index (Phi) is 6.40. The van der Waals surface area contributed by atoms with Crippen LogP contribution in [0.4, 0.5) is 0 Å². The minimum absolute atomic E-state index is 0. The second kappa shape index (κ2) is 6.43. The predicted molar refractivity (Wildman–Crippen MR) is 48.0 cm³/mol. The van der Waals surface area contributed by atoms with E-state index in [0.717, 1.165) is 5.56 Å². The van der Waals surface area contributed by atoms with Gasteiger partial charge in [0.25, 0.3) is 0 Å². The third-order valence-corrected chi connectivity index (χ3v) is 1.94. The quantitative estimate of drug-likeness (QED) is 0.573. The minimum Gasteiger partial charge on any atom is -0.550 e. The van der Waals surface area contributed by atoms with Crippen LogP contribution in [0.5, 0.6) is 0 Å². The van der Waals surface area contributed by atoms with Crippen LogP contribution in [0.15, 0.2) is 24.3 Å². The summed E-state index contributed by atoms with van der Waals surface area (Å²) in [5, 5.41) is 10.8. The maximum atomic E-state index is 10.2. The molecule has 0 spiro atoms. The molecule has 0 radical (unpaired) electrons. The number of carboxylic acid groups (broad SMARTS) is 1. The monoisotopic (exact) mass is 221 g/mol. The molecule has 5 heteroatoms. The summed E-state index contributed by atoms with van der Waals surface area (Å²) in [5.74, 6) is -1.15. The van der Waals surface area contributed by atoms with Gasteiger partial charge in [-0.1, -0.05) is 23.7 Å². The number of carbonyl (C=O) groups is 1. The molecule has 0 bridgehead atoms. The first-order valence-electron chi connectivity index (χ1n) is 3.80. The van der Waals surface area contributed by atoms with Crippen LogP contribution in [-0.4, -0.2) is 5.97 Å². The van der Waals surface area contributed by atoms with Crippen molar-refractivity contribution in [3.8, 4) is 0 Å². The number of rotatable bonds is 3. The first-order valence-corrected chi connectivity index (χ1v) is 4.18. The third kappa shape index (κ3) is 4.44. The Hall–Kier alpha value is -0.0600. The molecule has 0 saturated heterocycles. The summed E-state index contributed by atoms with van der Waals surface area (Å²) in [6.45, 7) is 0. The molecule has 14 heavy (non-hydrogen) atoms. The normalized spacial score (nSPS) is 11.6. The van der Waals surface area contributed by atoms with Gasteiger partial charge in [-0.25, -0.2) is 0 Å². The van der Waals surface area contributed by atoms with Gasteiger partial charge in [-0.3, -0.25) is 0 Å². The molecular weight excluding hydrogens is 213 g/mol. The smallest absolute Gasteiger partial charge is 0.550 e. The zero-order valence-electron chi connectivity index (χ0n) is 7.87. The molecule has 0 aliphatic rings. The van der Waals surface area contributed by atoms with E-state index in [1.54, 1.807) is 24.3 Å². The summed E-state index contributed by atoms with van der Waals surface area (Å²) >= 11 is 5.65. The number of carboxylic acids is 1. The summed E-state index contributed by atoms with van der Waals surface area (Å²) in [7, 11) is 0. The number of hydrogen-bond acceptors (Lipinski definition) is 3. The van der Waals surface area contributed by atoms with Crippen LogP contribution < -0.4 is 40.4 Å². The van der Waals surface area contributed by atoms with Gasteiger partial charge in [0.1, 0.15) is 0 Å². The van der Waals surface area contributed by atoms with E-state index in [0.29, 0.717) is 5.02 Å². The van der Waals surface area contributed by atoms with Gasteiger partial charge in [-0.15, -0.1) is 0 Å². The average Bonchev–Trinajstić information content (AvgIpc) is 2.04. The van der Waals surface area contributed by atoms with Crippen molar-refractivity contribution in [3.63, 3.8) is 0 Å².